The van der Waals surface area contributed by atoms with E-state index < -0.39 is 12.1 Å². The molecule has 0 spiro atoms. The molecule has 0 aliphatic rings. The van der Waals surface area contributed by atoms with Gasteiger partial charge in [-0.2, -0.15) is 5.10 Å². The summed E-state index contributed by atoms with van der Waals surface area (Å²) in [5.41, 5.74) is 0.723. The third kappa shape index (κ3) is 2.52. The van der Waals surface area contributed by atoms with Crippen LogP contribution >= 0.6 is 0 Å². The van der Waals surface area contributed by atoms with Gasteiger partial charge in [-0.15, -0.1) is 0 Å². The monoisotopic (exact) mass is 235 g/mol. The van der Waals surface area contributed by atoms with E-state index in [-0.39, 0.29) is 0 Å². The van der Waals surface area contributed by atoms with Crippen LogP contribution in [0.2, 0.25) is 0 Å². The third-order valence-corrected chi connectivity index (χ3v) is 2.15. The normalized spacial score (nSPS) is 12.4. The second-order valence-corrected chi connectivity index (χ2v) is 3.44. The number of esters is 1. The molecular weight excluding hydrogens is 222 g/mol. The van der Waals surface area contributed by atoms with Crippen LogP contribution in [0.4, 0.5) is 0 Å². The summed E-state index contributed by atoms with van der Waals surface area (Å²) >= 11 is 0. The number of carbonyl (C=O) groups excluding carboxylic acids is 1. The van der Waals surface area contributed by atoms with E-state index in [1.54, 1.807) is 43.0 Å². The molecule has 90 valence electrons. The minimum Gasteiger partial charge on any atom is -0.476 e. The summed E-state index contributed by atoms with van der Waals surface area (Å²) in [5, 5.41) is 4.03. The molecule has 0 N–H and O–H groups in total. The molecule has 0 saturated carbocycles. The molecule has 0 radical (unpaired) electrons. The van der Waals surface area contributed by atoms with Crippen molar-refractivity contribution in [2.75, 3.05) is 6.61 Å². The largest absolute Gasteiger partial charge is 0.476 e. The zero-order chi connectivity index (χ0) is 12.3. The molecule has 6 nitrogen and oxygen atoms in total. The van der Waals surface area contributed by atoms with E-state index in [0.29, 0.717) is 12.4 Å². The highest BCUT2D eigenvalue weighted by atomic mass is 16.6. The molecule has 0 saturated heterocycles. The Hall–Kier alpha value is -2.11. The Morgan fingerprint density at radius 3 is 3.18 bits per heavy atom. The summed E-state index contributed by atoms with van der Waals surface area (Å²) in [7, 11) is 0. The lowest BCUT2D eigenvalue weighted by Crippen LogP contribution is -2.26. The van der Waals surface area contributed by atoms with Gasteiger partial charge >= 0.3 is 5.97 Å². The van der Waals surface area contributed by atoms with Gasteiger partial charge in [-0.05, 0) is 13.8 Å². The molecule has 0 aliphatic carbocycles. The molecule has 2 aromatic heterocycles. The molecule has 17 heavy (non-hydrogen) atoms. The summed E-state index contributed by atoms with van der Waals surface area (Å²) in [6.07, 6.45) is 4.19. The standard InChI is InChI=1S/C11H13N3O3/c1-3-16-11(15)8(2)17-9-6-12-10-4-5-13-14(10)7-9/h4-8H,3H2,1-2H3. The number of hydrogen-bond donors (Lipinski definition) is 0. The average Bonchev–Trinajstić information content (AvgIpc) is 2.76. The van der Waals surface area contributed by atoms with Crippen LogP contribution in [0.1, 0.15) is 13.8 Å². The van der Waals surface area contributed by atoms with Crippen LogP contribution < -0.4 is 4.74 Å². The zero-order valence-electron chi connectivity index (χ0n) is 9.66. The van der Waals surface area contributed by atoms with Crippen LogP contribution in [0.15, 0.2) is 24.7 Å². The lowest BCUT2D eigenvalue weighted by Gasteiger charge is -2.12. The maximum absolute atomic E-state index is 11.4. The molecule has 0 aromatic carbocycles. The van der Waals surface area contributed by atoms with Gasteiger partial charge in [-0.25, -0.2) is 14.3 Å². The van der Waals surface area contributed by atoms with Gasteiger partial charge in [0.1, 0.15) is 0 Å². The van der Waals surface area contributed by atoms with Gasteiger partial charge in [0.2, 0.25) is 0 Å². The summed E-state index contributed by atoms with van der Waals surface area (Å²) in [5.74, 6) is 0.0785. The summed E-state index contributed by atoms with van der Waals surface area (Å²) < 4.78 is 11.8. The lowest BCUT2D eigenvalue weighted by molar-refractivity contribution is -0.150. The molecule has 0 fully saturated rings. The first-order chi connectivity index (χ1) is 8.20. The number of aromatic nitrogens is 3. The van der Waals surface area contributed by atoms with Crippen LogP contribution in [0.25, 0.3) is 5.65 Å². The number of hydrogen-bond acceptors (Lipinski definition) is 5. The van der Waals surface area contributed by atoms with Crippen LogP contribution in [0.3, 0.4) is 0 Å². The highest BCUT2D eigenvalue weighted by molar-refractivity contribution is 5.74. The van der Waals surface area contributed by atoms with E-state index in [0.717, 1.165) is 5.65 Å². The first-order valence-electron chi connectivity index (χ1n) is 5.33. The van der Waals surface area contributed by atoms with Crippen molar-refractivity contribution >= 4 is 11.6 Å². The minimum absolute atomic E-state index is 0.336. The second-order valence-electron chi connectivity index (χ2n) is 3.44. The first-order valence-corrected chi connectivity index (χ1v) is 5.33. The number of carbonyl (C=O) groups is 1. The molecule has 1 atom stereocenters. The van der Waals surface area contributed by atoms with E-state index in [1.807, 2.05) is 0 Å². The van der Waals surface area contributed by atoms with Gasteiger partial charge < -0.3 is 9.47 Å². The Balaban J connectivity index is 2.09. The highest BCUT2D eigenvalue weighted by Crippen LogP contribution is 2.12. The number of nitrogens with zero attached hydrogens (tertiary/aromatic N) is 3. The van der Waals surface area contributed by atoms with Crippen molar-refractivity contribution < 1.29 is 14.3 Å². The third-order valence-electron chi connectivity index (χ3n) is 2.15. The van der Waals surface area contributed by atoms with E-state index in [4.69, 9.17) is 9.47 Å². The second kappa shape index (κ2) is 4.82. The van der Waals surface area contributed by atoms with Gasteiger partial charge in [0.15, 0.2) is 17.5 Å². The molecule has 2 rings (SSSR count). The van der Waals surface area contributed by atoms with Crippen molar-refractivity contribution in [3.05, 3.63) is 24.7 Å². The fourth-order valence-electron chi connectivity index (χ4n) is 1.37. The topological polar surface area (TPSA) is 65.7 Å². The fraction of sp³-hybridized carbons (Fsp3) is 0.364. The van der Waals surface area contributed by atoms with Crippen molar-refractivity contribution in [1.82, 2.24) is 14.6 Å². The SMILES string of the molecule is CCOC(=O)C(C)Oc1cnc2ccnn2c1. The van der Waals surface area contributed by atoms with Gasteiger partial charge in [0.25, 0.3) is 0 Å². The number of rotatable bonds is 4. The molecule has 2 heterocycles. The minimum atomic E-state index is -0.662. The lowest BCUT2D eigenvalue weighted by atomic mass is 10.4. The Morgan fingerprint density at radius 1 is 1.59 bits per heavy atom. The Bertz CT molecular complexity index is 523. The van der Waals surface area contributed by atoms with Crippen LogP contribution in [-0.4, -0.2) is 33.3 Å². The van der Waals surface area contributed by atoms with E-state index >= 15 is 0 Å². The molecule has 6 heteroatoms. The summed E-state index contributed by atoms with van der Waals surface area (Å²) in [4.78, 5) is 15.5. The van der Waals surface area contributed by atoms with Crippen molar-refractivity contribution in [3.63, 3.8) is 0 Å². The summed E-state index contributed by atoms with van der Waals surface area (Å²) in [6, 6.07) is 1.78. The highest BCUT2D eigenvalue weighted by Gasteiger charge is 2.16. The van der Waals surface area contributed by atoms with Crippen molar-refractivity contribution in [2.24, 2.45) is 0 Å². The van der Waals surface area contributed by atoms with Gasteiger partial charge in [-0.1, -0.05) is 0 Å². The van der Waals surface area contributed by atoms with E-state index in [2.05, 4.69) is 10.1 Å². The Labute approximate surface area is 98.2 Å². The zero-order valence-corrected chi connectivity index (χ0v) is 9.66. The fourth-order valence-corrected chi connectivity index (χ4v) is 1.37. The molecule has 0 bridgehead atoms. The Kier molecular flexibility index (Phi) is 3.22. The first kappa shape index (κ1) is 11.4. The molecular formula is C11H13N3O3. The summed E-state index contributed by atoms with van der Waals surface area (Å²) in [6.45, 7) is 3.72. The van der Waals surface area contributed by atoms with Crippen molar-refractivity contribution in [1.29, 1.82) is 0 Å². The van der Waals surface area contributed by atoms with Gasteiger partial charge in [-0.3, -0.25) is 0 Å². The molecule has 1 unspecified atom stereocenters. The van der Waals surface area contributed by atoms with Crippen LogP contribution in [-0.2, 0) is 9.53 Å². The van der Waals surface area contributed by atoms with Crippen LogP contribution in [0, 0.1) is 0 Å². The number of ether oxygens (including phenoxy) is 2. The molecule has 0 aliphatic heterocycles. The van der Waals surface area contributed by atoms with Crippen molar-refractivity contribution in [3.8, 4) is 5.75 Å². The maximum Gasteiger partial charge on any atom is 0.347 e. The number of fused-ring (bicyclic) bond motifs is 1. The van der Waals surface area contributed by atoms with E-state index in [9.17, 15) is 4.79 Å². The molecule has 2 aromatic rings. The smallest absolute Gasteiger partial charge is 0.347 e. The van der Waals surface area contributed by atoms with Gasteiger partial charge in [0, 0.05) is 6.07 Å². The quantitative estimate of drug-likeness (QED) is 0.741. The Morgan fingerprint density at radius 2 is 2.41 bits per heavy atom. The van der Waals surface area contributed by atoms with Gasteiger partial charge in [0.05, 0.1) is 25.2 Å². The average molecular weight is 235 g/mol. The van der Waals surface area contributed by atoms with Crippen LogP contribution in [0.5, 0.6) is 5.75 Å². The predicted molar refractivity (Wildman–Crippen MR) is 59.7 cm³/mol. The van der Waals surface area contributed by atoms with E-state index in [1.165, 1.54) is 0 Å². The molecule has 0 amide bonds. The predicted octanol–water partition coefficient (Wildman–Crippen LogP) is 1.06. The van der Waals surface area contributed by atoms with Crippen molar-refractivity contribution in [2.45, 2.75) is 20.0 Å². The maximum atomic E-state index is 11.4.